The predicted molar refractivity (Wildman–Crippen MR) is 94.2 cm³/mol. The van der Waals surface area contributed by atoms with Crippen molar-refractivity contribution in [2.75, 3.05) is 0 Å². The molecule has 0 aliphatic carbocycles. The molecule has 1 aromatic heterocycles. The first kappa shape index (κ1) is 17.1. The topological polar surface area (TPSA) is 91.4 Å². The minimum Gasteiger partial charge on any atom is -0.504 e. The monoisotopic (exact) mass is 342 g/mol. The molecule has 0 saturated heterocycles. The molecule has 1 aliphatic rings. The maximum Gasteiger partial charge on any atom is 0.255 e. The third-order valence-electron chi connectivity index (χ3n) is 4.37. The van der Waals surface area contributed by atoms with Crippen LogP contribution in [0.2, 0.25) is 0 Å². The Morgan fingerprint density at radius 3 is 2.76 bits per heavy atom. The summed E-state index contributed by atoms with van der Waals surface area (Å²) in [5.74, 6) is -0.245. The lowest BCUT2D eigenvalue weighted by molar-refractivity contribution is 0.0944. The average Bonchev–Trinajstić information content (AvgIpc) is 2.81. The standard InChI is InChI=1S/C19H22N2O4/c1-10-7-11(2)21-18(24)14(10)9-20-17(23)13-6-5-12-8-19(3,4)25-16(12)15(13)22/h5-7,22H,8-9H2,1-4H3,(H,20,23)(H,21,24). The summed E-state index contributed by atoms with van der Waals surface area (Å²) in [4.78, 5) is 27.2. The van der Waals surface area contributed by atoms with E-state index in [2.05, 4.69) is 10.3 Å². The van der Waals surface area contributed by atoms with Crippen LogP contribution in [0, 0.1) is 13.8 Å². The molecule has 25 heavy (non-hydrogen) atoms. The second-order valence-electron chi connectivity index (χ2n) is 7.11. The number of benzene rings is 1. The lowest BCUT2D eigenvalue weighted by atomic mass is 10.0. The zero-order valence-electron chi connectivity index (χ0n) is 14.8. The summed E-state index contributed by atoms with van der Waals surface area (Å²) < 4.78 is 5.75. The number of hydrogen-bond donors (Lipinski definition) is 3. The van der Waals surface area contributed by atoms with Gasteiger partial charge in [-0.05, 0) is 45.4 Å². The minimum absolute atomic E-state index is 0.0865. The van der Waals surface area contributed by atoms with Gasteiger partial charge in [-0.1, -0.05) is 6.07 Å². The highest BCUT2D eigenvalue weighted by molar-refractivity contribution is 5.98. The van der Waals surface area contributed by atoms with Crippen molar-refractivity contribution in [1.29, 1.82) is 0 Å². The maximum atomic E-state index is 12.5. The van der Waals surface area contributed by atoms with E-state index in [-0.39, 0.29) is 23.4 Å². The number of rotatable bonds is 3. The highest BCUT2D eigenvalue weighted by Crippen LogP contribution is 2.43. The van der Waals surface area contributed by atoms with E-state index in [4.69, 9.17) is 4.74 Å². The molecule has 2 aromatic rings. The van der Waals surface area contributed by atoms with Crippen molar-refractivity contribution >= 4 is 5.91 Å². The van der Waals surface area contributed by atoms with Gasteiger partial charge in [-0.25, -0.2) is 0 Å². The van der Waals surface area contributed by atoms with Crippen LogP contribution < -0.4 is 15.6 Å². The molecular formula is C19H22N2O4. The highest BCUT2D eigenvalue weighted by Gasteiger charge is 2.33. The van der Waals surface area contributed by atoms with E-state index in [0.717, 1.165) is 16.8 Å². The Morgan fingerprint density at radius 2 is 2.08 bits per heavy atom. The van der Waals surface area contributed by atoms with Crippen molar-refractivity contribution in [1.82, 2.24) is 10.3 Å². The van der Waals surface area contributed by atoms with Crippen molar-refractivity contribution in [3.05, 3.63) is 56.5 Å². The van der Waals surface area contributed by atoms with Gasteiger partial charge in [0.15, 0.2) is 11.5 Å². The van der Waals surface area contributed by atoms with Crippen LogP contribution in [-0.4, -0.2) is 21.6 Å². The van der Waals surface area contributed by atoms with Gasteiger partial charge >= 0.3 is 0 Å². The number of pyridine rings is 1. The van der Waals surface area contributed by atoms with Gasteiger partial charge in [0.2, 0.25) is 0 Å². The number of H-pyrrole nitrogens is 1. The molecule has 132 valence electrons. The number of amides is 1. The summed E-state index contributed by atoms with van der Waals surface area (Å²) >= 11 is 0. The molecule has 0 unspecified atom stereocenters. The molecule has 0 saturated carbocycles. The van der Waals surface area contributed by atoms with Gasteiger partial charge in [0, 0.05) is 29.8 Å². The zero-order chi connectivity index (χ0) is 18.4. The average molecular weight is 342 g/mol. The van der Waals surface area contributed by atoms with Crippen molar-refractivity contribution in [3.63, 3.8) is 0 Å². The van der Waals surface area contributed by atoms with Crippen LogP contribution in [0.1, 0.15) is 46.6 Å². The minimum atomic E-state index is -0.451. The Kier molecular flexibility index (Phi) is 4.06. The van der Waals surface area contributed by atoms with Crippen molar-refractivity contribution in [2.24, 2.45) is 0 Å². The molecule has 6 nitrogen and oxygen atoms in total. The Labute approximate surface area is 145 Å². The van der Waals surface area contributed by atoms with Gasteiger partial charge in [-0.2, -0.15) is 0 Å². The second kappa shape index (κ2) is 5.95. The van der Waals surface area contributed by atoms with E-state index in [0.29, 0.717) is 17.7 Å². The van der Waals surface area contributed by atoms with Crippen LogP contribution >= 0.6 is 0 Å². The normalized spacial score (nSPS) is 14.7. The second-order valence-corrected chi connectivity index (χ2v) is 7.11. The Morgan fingerprint density at radius 1 is 1.36 bits per heavy atom. The van der Waals surface area contributed by atoms with Crippen LogP contribution in [0.4, 0.5) is 0 Å². The summed E-state index contributed by atoms with van der Waals surface area (Å²) in [5.41, 5.74) is 2.47. The number of fused-ring (bicyclic) bond motifs is 1. The third kappa shape index (κ3) is 3.24. The molecule has 0 fully saturated rings. The summed E-state index contributed by atoms with van der Waals surface area (Å²) in [7, 11) is 0. The molecule has 0 radical (unpaired) electrons. The van der Waals surface area contributed by atoms with E-state index < -0.39 is 11.5 Å². The molecule has 3 rings (SSSR count). The van der Waals surface area contributed by atoms with Crippen LogP contribution in [0.25, 0.3) is 0 Å². The number of hydrogen-bond acceptors (Lipinski definition) is 4. The van der Waals surface area contributed by atoms with Crippen molar-refractivity contribution in [2.45, 2.75) is 46.3 Å². The molecule has 1 amide bonds. The van der Waals surface area contributed by atoms with Gasteiger partial charge in [-0.3, -0.25) is 9.59 Å². The smallest absolute Gasteiger partial charge is 0.255 e. The number of aryl methyl sites for hydroxylation is 2. The van der Waals surface area contributed by atoms with Gasteiger partial charge in [-0.15, -0.1) is 0 Å². The number of aromatic hydroxyl groups is 1. The van der Waals surface area contributed by atoms with E-state index in [9.17, 15) is 14.7 Å². The third-order valence-corrected chi connectivity index (χ3v) is 4.37. The quantitative estimate of drug-likeness (QED) is 0.798. The molecule has 6 heteroatoms. The Balaban J connectivity index is 1.81. The van der Waals surface area contributed by atoms with Crippen molar-refractivity contribution in [3.8, 4) is 11.5 Å². The van der Waals surface area contributed by atoms with Gasteiger partial charge in [0.1, 0.15) is 5.60 Å². The van der Waals surface area contributed by atoms with Crippen LogP contribution in [-0.2, 0) is 13.0 Å². The fourth-order valence-corrected chi connectivity index (χ4v) is 3.19. The SMILES string of the molecule is Cc1cc(C)c(CNC(=O)c2ccc3c(c2O)OC(C)(C)C3)c(=O)[nH]1. The van der Waals surface area contributed by atoms with E-state index in [1.54, 1.807) is 19.1 Å². The number of carbonyl (C=O) groups is 1. The largest absolute Gasteiger partial charge is 0.504 e. The number of aromatic nitrogens is 1. The van der Waals surface area contributed by atoms with E-state index in [1.807, 2.05) is 26.8 Å². The van der Waals surface area contributed by atoms with E-state index in [1.165, 1.54) is 0 Å². The lowest BCUT2D eigenvalue weighted by Crippen LogP contribution is -2.28. The Hall–Kier alpha value is -2.76. The number of carbonyl (C=O) groups excluding carboxylic acids is 1. The Bertz CT molecular complexity index is 912. The first-order chi connectivity index (χ1) is 11.7. The zero-order valence-corrected chi connectivity index (χ0v) is 14.8. The first-order valence-electron chi connectivity index (χ1n) is 8.19. The predicted octanol–water partition coefficient (Wildman–Crippen LogP) is 2.34. The molecule has 2 heterocycles. The summed E-state index contributed by atoms with van der Waals surface area (Å²) in [5, 5.41) is 13.1. The highest BCUT2D eigenvalue weighted by atomic mass is 16.5. The number of ether oxygens (including phenoxy) is 1. The number of nitrogens with one attached hydrogen (secondary N) is 2. The van der Waals surface area contributed by atoms with Crippen LogP contribution in [0.5, 0.6) is 11.5 Å². The fourth-order valence-electron chi connectivity index (χ4n) is 3.19. The number of phenols is 1. The number of aromatic amines is 1. The van der Waals surface area contributed by atoms with Crippen LogP contribution in [0.15, 0.2) is 23.0 Å². The first-order valence-corrected chi connectivity index (χ1v) is 8.19. The summed E-state index contributed by atoms with van der Waals surface area (Å²) in [6.45, 7) is 7.58. The van der Waals surface area contributed by atoms with Crippen molar-refractivity contribution < 1.29 is 14.6 Å². The molecule has 1 aliphatic heterocycles. The molecule has 1 aromatic carbocycles. The molecule has 0 bridgehead atoms. The molecular weight excluding hydrogens is 320 g/mol. The number of phenolic OH excluding ortho intramolecular Hbond substituents is 1. The maximum absolute atomic E-state index is 12.5. The molecule has 0 spiro atoms. The fraction of sp³-hybridized carbons (Fsp3) is 0.368. The lowest BCUT2D eigenvalue weighted by Gasteiger charge is -2.17. The van der Waals surface area contributed by atoms with Gasteiger partial charge in [0.05, 0.1) is 5.56 Å². The van der Waals surface area contributed by atoms with Crippen LogP contribution in [0.3, 0.4) is 0 Å². The summed E-state index contributed by atoms with van der Waals surface area (Å²) in [6.07, 6.45) is 0.676. The molecule has 3 N–H and O–H groups in total. The van der Waals surface area contributed by atoms with E-state index >= 15 is 0 Å². The molecule has 0 atom stereocenters. The van der Waals surface area contributed by atoms with Gasteiger partial charge in [0.25, 0.3) is 11.5 Å². The summed E-state index contributed by atoms with van der Waals surface area (Å²) in [6, 6.07) is 5.23. The van der Waals surface area contributed by atoms with Gasteiger partial charge < -0.3 is 20.1 Å².